The van der Waals surface area contributed by atoms with Gasteiger partial charge in [0.25, 0.3) is 0 Å². The topological polar surface area (TPSA) is 78.0 Å². The van der Waals surface area contributed by atoms with Crippen molar-refractivity contribution < 1.29 is 9.53 Å². The molecule has 0 aromatic heterocycles. The Labute approximate surface area is 198 Å². The van der Waals surface area contributed by atoms with Crippen molar-refractivity contribution in [2.75, 3.05) is 45.9 Å². The minimum Gasteiger partial charge on any atom is -0.379 e. The van der Waals surface area contributed by atoms with Crippen molar-refractivity contribution in [3.63, 3.8) is 0 Å². The number of nitrogens with one attached hydrogen (secondary N) is 3. The van der Waals surface area contributed by atoms with Crippen molar-refractivity contribution in [2.45, 2.75) is 40.8 Å². The molecular formula is C22H38IN5O2. The minimum absolute atomic E-state index is 0. The van der Waals surface area contributed by atoms with Crippen molar-refractivity contribution in [3.8, 4) is 0 Å². The summed E-state index contributed by atoms with van der Waals surface area (Å²) in [4.78, 5) is 19.4. The summed E-state index contributed by atoms with van der Waals surface area (Å²) in [5.74, 6) is 0.769. The second-order valence-corrected chi connectivity index (χ2v) is 7.95. The van der Waals surface area contributed by atoms with E-state index in [0.29, 0.717) is 19.6 Å². The standard InChI is InChI=1S/C22H37N5O2.HI/c1-5-23-20(28)22(3,4)17-26-21(24-6-2)25-15-18-9-7-8-10-19(18)16-27-11-13-29-14-12-27;/h7-10H,5-6,11-17H2,1-4H3,(H,23,28)(H2,24,25,26);1H. The Balaban J connectivity index is 0.00000450. The second-order valence-electron chi connectivity index (χ2n) is 7.95. The molecule has 170 valence electrons. The molecule has 1 saturated heterocycles. The number of nitrogens with zero attached hydrogens (tertiary/aromatic N) is 2. The molecular weight excluding hydrogens is 493 g/mol. The van der Waals surface area contributed by atoms with Gasteiger partial charge in [0.1, 0.15) is 0 Å². The number of halogens is 1. The van der Waals surface area contributed by atoms with E-state index in [1.807, 2.05) is 27.7 Å². The summed E-state index contributed by atoms with van der Waals surface area (Å²) >= 11 is 0. The fraction of sp³-hybridized carbons (Fsp3) is 0.636. The van der Waals surface area contributed by atoms with Gasteiger partial charge in [-0.25, -0.2) is 4.99 Å². The molecule has 7 nitrogen and oxygen atoms in total. The molecule has 1 aliphatic rings. The fourth-order valence-electron chi connectivity index (χ4n) is 3.16. The van der Waals surface area contributed by atoms with E-state index < -0.39 is 5.41 Å². The summed E-state index contributed by atoms with van der Waals surface area (Å²) in [5.41, 5.74) is 2.01. The first-order valence-corrected chi connectivity index (χ1v) is 10.6. The van der Waals surface area contributed by atoms with Gasteiger partial charge < -0.3 is 20.7 Å². The zero-order chi connectivity index (χ0) is 21.1. The predicted octanol–water partition coefficient (Wildman–Crippen LogP) is 2.35. The lowest BCUT2D eigenvalue weighted by molar-refractivity contribution is -0.128. The Morgan fingerprint density at radius 2 is 1.70 bits per heavy atom. The van der Waals surface area contributed by atoms with Gasteiger partial charge in [-0.1, -0.05) is 24.3 Å². The van der Waals surface area contributed by atoms with Crippen molar-refractivity contribution in [3.05, 3.63) is 35.4 Å². The Bertz CT molecular complexity index is 675. The van der Waals surface area contributed by atoms with E-state index in [4.69, 9.17) is 9.73 Å². The van der Waals surface area contributed by atoms with Crippen LogP contribution in [0.1, 0.15) is 38.8 Å². The van der Waals surface area contributed by atoms with Crippen molar-refractivity contribution in [1.29, 1.82) is 0 Å². The third-order valence-corrected chi connectivity index (χ3v) is 5.02. The Morgan fingerprint density at radius 1 is 1.07 bits per heavy atom. The van der Waals surface area contributed by atoms with Gasteiger partial charge in [-0.3, -0.25) is 9.69 Å². The molecule has 1 aliphatic heterocycles. The lowest BCUT2D eigenvalue weighted by Gasteiger charge is -2.27. The van der Waals surface area contributed by atoms with E-state index in [0.717, 1.165) is 45.4 Å². The van der Waals surface area contributed by atoms with Crippen LogP contribution in [-0.2, 0) is 22.6 Å². The van der Waals surface area contributed by atoms with Crippen LogP contribution < -0.4 is 16.0 Å². The molecule has 2 rings (SSSR count). The van der Waals surface area contributed by atoms with Gasteiger partial charge in [-0.05, 0) is 38.8 Å². The number of guanidine groups is 1. The number of hydrogen-bond donors (Lipinski definition) is 3. The largest absolute Gasteiger partial charge is 0.379 e. The molecule has 0 atom stereocenters. The summed E-state index contributed by atoms with van der Waals surface area (Å²) < 4.78 is 5.45. The number of carbonyl (C=O) groups is 1. The first kappa shape index (κ1) is 26.6. The third kappa shape index (κ3) is 8.77. The van der Waals surface area contributed by atoms with Crippen LogP contribution in [0.5, 0.6) is 0 Å². The number of carbonyl (C=O) groups excluding carboxylic acids is 1. The molecule has 1 fully saturated rings. The number of morpholine rings is 1. The maximum atomic E-state index is 12.2. The highest BCUT2D eigenvalue weighted by atomic mass is 127. The molecule has 0 bridgehead atoms. The Hall–Kier alpha value is -1.39. The minimum atomic E-state index is -0.513. The quantitative estimate of drug-likeness (QED) is 0.259. The third-order valence-electron chi connectivity index (χ3n) is 5.02. The van der Waals surface area contributed by atoms with E-state index >= 15 is 0 Å². The van der Waals surface area contributed by atoms with E-state index in [-0.39, 0.29) is 29.9 Å². The van der Waals surface area contributed by atoms with Gasteiger partial charge in [-0.2, -0.15) is 0 Å². The molecule has 3 N–H and O–H groups in total. The first-order chi connectivity index (χ1) is 14.0. The molecule has 1 aromatic carbocycles. The highest BCUT2D eigenvalue weighted by Crippen LogP contribution is 2.15. The van der Waals surface area contributed by atoms with Gasteiger partial charge in [0.2, 0.25) is 5.91 Å². The average Bonchev–Trinajstić information content (AvgIpc) is 2.72. The molecule has 0 radical (unpaired) electrons. The van der Waals surface area contributed by atoms with E-state index in [1.54, 1.807) is 0 Å². The lowest BCUT2D eigenvalue weighted by atomic mass is 9.92. The summed E-state index contributed by atoms with van der Waals surface area (Å²) in [6.45, 7) is 14.8. The fourth-order valence-corrected chi connectivity index (χ4v) is 3.16. The van der Waals surface area contributed by atoms with Crippen LogP contribution in [0.15, 0.2) is 29.3 Å². The number of benzene rings is 1. The smallest absolute Gasteiger partial charge is 0.227 e. The van der Waals surface area contributed by atoms with Crippen LogP contribution in [0.2, 0.25) is 0 Å². The van der Waals surface area contributed by atoms with Crippen molar-refractivity contribution in [1.82, 2.24) is 20.9 Å². The van der Waals surface area contributed by atoms with Gasteiger partial charge in [0, 0.05) is 39.3 Å². The highest BCUT2D eigenvalue weighted by molar-refractivity contribution is 14.0. The molecule has 1 heterocycles. The summed E-state index contributed by atoms with van der Waals surface area (Å²) in [5, 5.41) is 9.49. The van der Waals surface area contributed by atoms with E-state index in [2.05, 4.69) is 45.1 Å². The van der Waals surface area contributed by atoms with Crippen LogP contribution in [-0.4, -0.2) is 62.7 Å². The summed E-state index contributed by atoms with van der Waals surface area (Å²) in [6, 6.07) is 8.47. The van der Waals surface area contributed by atoms with Crippen LogP contribution in [0.4, 0.5) is 0 Å². The van der Waals surface area contributed by atoms with Crippen LogP contribution in [0.25, 0.3) is 0 Å². The normalized spacial score (nSPS) is 15.3. The lowest BCUT2D eigenvalue weighted by Crippen LogP contribution is -2.47. The van der Waals surface area contributed by atoms with Gasteiger partial charge >= 0.3 is 0 Å². The van der Waals surface area contributed by atoms with Gasteiger partial charge in [-0.15, -0.1) is 24.0 Å². The molecule has 0 unspecified atom stereocenters. The zero-order valence-electron chi connectivity index (χ0n) is 18.8. The average molecular weight is 531 g/mol. The van der Waals surface area contributed by atoms with Crippen LogP contribution in [0.3, 0.4) is 0 Å². The predicted molar refractivity (Wildman–Crippen MR) is 133 cm³/mol. The Morgan fingerprint density at radius 3 is 2.33 bits per heavy atom. The van der Waals surface area contributed by atoms with Crippen molar-refractivity contribution in [2.24, 2.45) is 10.4 Å². The molecule has 0 saturated carbocycles. The number of ether oxygens (including phenoxy) is 1. The second kappa shape index (κ2) is 13.8. The van der Waals surface area contributed by atoms with Gasteiger partial charge in [0.15, 0.2) is 5.96 Å². The molecule has 8 heteroatoms. The summed E-state index contributed by atoms with van der Waals surface area (Å²) in [6.07, 6.45) is 0. The van der Waals surface area contributed by atoms with E-state index in [9.17, 15) is 4.79 Å². The maximum Gasteiger partial charge on any atom is 0.227 e. The number of rotatable bonds is 9. The molecule has 1 aromatic rings. The number of hydrogen-bond acceptors (Lipinski definition) is 4. The van der Waals surface area contributed by atoms with Crippen LogP contribution >= 0.6 is 24.0 Å². The SMILES string of the molecule is CCNC(=O)C(C)(C)CNC(=NCc1ccccc1CN1CCOCC1)NCC.I. The molecule has 0 aliphatic carbocycles. The van der Waals surface area contributed by atoms with Crippen molar-refractivity contribution >= 4 is 35.8 Å². The van der Waals surface area contributed by atoms with E-state index in [1.165, 1.54) is 11.1 Å². The molecule has 1 amide bonds. The number of aliphatic imine (C=N–C) groups is 1. The molecule has 0 spiro atoms. The van der Waals surface area contributed by atoms with Gasteiger partial charge in [0.05, 0.1) is 25.2 Å². The monoisotopic (exact) mass is 531 g/mol. The molecule has 30 heavy (non-hydrogen) atoms. The zero-order valence-corrected chi connectivity index (χ0v) is 21.1. The highest BCUT2D eigenvalue weighted by Gasteiger charge is 2.27. The number of amides is 1. The van der Waals surface area contributed by atoms with Crippen LogP contribution in [0, 0.1) is 5.41 Å². The maximum absolute atomic E-state index is 12.2. The Kier molecular flexibility index (Phi) is 12.3. The first-order valence-electron chi connectivity index (χ1n) is 10.6. The summed E-state index contributed by atoms with van der Waals surface area (Å²) in [7, 11) is 0.